The van der Waals surface area contributed by atoms with Crippen molar-refractivity contribution in [2.75, 3.05) is 6.61 Å². The molecule has 1 amide bonds. The van der Waals surface area contributed by atoms with E-state index in [0.29, 0.717) is 23.9 Å². The van der Waals surface area contributed by atoms with Crippen molar-refractivity contribution in [1.29, 1.82) is 0 Å². The maximum Gasteiger partial charge on any atom is 0.341 e. The van der Waals surface area contributed by atoms with Gasteiger partial charge in [0, 0.05) is 37.0 Å². The molecule has 2 heterocycles. The number of likely N-dealkylation sites (tertiary alicyclic amines) is 2. The third-order valence-corrected chi connectivity index (χ3v) is 8.39. The van der Waals surface area contributed by atoms with Crippen molar-refractivity contribution in [1.82, 2.24) is 9.80 Å². The minimum atomic E-state index is -0.979. The zero-order valence-electron chi connectivity index (χ0n) is 20.0. The first-order valence-corrected chi connectivity index (χ1v) is 12.4. The van der Waals surface area contributed by atoms with Crippen LogP contribution in [0.3, 0.4) is 0 Å². The Morgan fingerprint density at radius 1 is 1.03 bits per heavy atom. The number of carbonyl (C=O) groups excluding carboxylic acids is 1. The zero-order valence-corrected chi connectivity index (χ0v) is 20.0. The Labute approximate surface area is 201 Å². The minimum Gasteiger partial charge on any atom is -0.482 e. The Hall–Kier alpha value is -2.86. The highest BCUT2D eigenvalue weighted by Gasteiger charge is 2.62. The van der Waals surface area contributed by atoms with Crippen LogP contribution in [0.4, 0.5) is 0 Å². The molecule has 0 spiro atoms. The molecular formula is C28H34N2O4. The molecule has 180 valence electrons. The Bertz CT molecular complexity index is 1040. The van der Waals surface area contributed by atoms with Gasteiger partial charge in [-0.05, 0) is 55.4 Å². The van der Waals surface area contributed by atoms with Gasteiger partial charge in [-0.3, -0.25) is 9.69 Å². The lowest BCUT2D eigenvalue weighted by Gasteiger charge is -2.53. The second-order valence-corrected chi connectivity index (χ2v) is 10.4. The molecule has 5 atom stereocenters. The maximum absolute atomic E-state index is 13.0. The zero-order chi connectivity index (χ0) is 23.9. The molecule has 1 aliphatic carbocycles. The number of benzene rings is 2. The Balaban J connectivity index is 1.44. The van der Waals surface area contributed by atoms with E-state index in [1.54, 1.807) is 6.92 Å². The Morgan fingerprint density at radius 2 is 1.74 bits per heavy atom. The third-order valence-electron chi connectivity index (χ3n) is 8.39. The van der Waals surface area contributed by atoms with E-state index in [2.05, 4.69) is 41.0 Å². The van der Waals surface area contributed by atoms with Crippen LogP contribution in [-0.2, 0) is 22.6 Å². The largest absolute Gasteiger partial charge is 0.482 e. The minimum absolute atomic E-state index is 0.117. The number of carboxylic acid groups (broad SMARTS) is 1. The van der Waals surface area contributed by atoms with Gasteiger partial charge in [0.05, 0.1) is 6.04 Å². The first kappa shape index (κ1) is 22.9. The van der Waals surface area contributed by atoms with Gasteiger partial charge in [0.2, 0.25) is 5.91 Å². The molecular weight excluding hydrogens is 428 g/mol. The van der Waals surface area contributed by atoms with E-state index in [1.807, 2.05) is 30.3 Å². The summed E-state index contributed by atoms with van der Waals surface area (Å²) >= 11 is 0. The van der Waals surface area contributed by atoms with Crippen LogP contribution in [0.25, 0.3) is 0 Å². The van der Waals surface area contributed by atoms with Gasteiger partial charge in [0.1, 0.15) is 5.75 Å². The molecule has 0 radical (unpaired) electrons. The van der Waals surface area contributed by atoms with E-state index in [1.165, 1.54) is 17.5 Å². The molecule has 0 unspecified atom stereocenters. The summed E-state index contributed by atoms with van der Waals surface area (Å²) in [6, 6.07) is 19.6. The predicted octanol–water partition coefficient (Wildman–Crippen LogP) is 4.13. The first-order valence-electron chi connectivity index (χ1n) is 12.4. The molecule has 2 saturated heterocycles. The number of carbonyl (C=O) groups is 2. The molecule has 2 aliphatic heterocycles. The fourth-order valence-corrected chi connectivity index (χ4v) is 7.05. The summed E-state index contributed by atoms with van der Waals surface area (Å²) in [5.41, 5.74) is 2.59. The van der Waals surface area contributed by atoms with Crippen LogP contribution in [0, 0.1) is 5.41 Å². The molecule has 2 aromatic carbocycles. The van der Waals surface area contributed by atoms with Crippen molar-refractivity contribution in [2.24, 2.45) is 5.41 Å². The number of aliphatic carboxylic acids is 1. The number of fused-ring (bicyclic) bond motifs is 1. The molecule has 0 aromatic heterocycles. The summed E-state index contributed by atoms with van der Waals surface area (Å²) in [6.07, 6.45) is 5.42. The van der Waals surface area contributed by atoms with Crippen molar-refractivity contribution in [3.8, 4) is 5.75 Å². The van der Waals surface area contributed by atoms with E-state index in [4.69, 9.17) is 9.84 Å². The second kappa shape index (κ2) is 9.06. The summed E-state index contributed by atoms with van der Waals surface area (Å²) in [5, 5.41) is 8.84. The number of amides is 1. The fourth-order valence-electron chi connectivity index (χ4n) is 7.05. The second-order valence-electron chi connectivity index (χ2n) is 10.4. The van der Waals surface area contributed by atoms with E-state index >= 15 is 0 Å². The predicted molar refractivity (Wildman–Crippen MR) is 130 cm³/mol. The number of nitrogens with zero attached hydrogens (tertiary/aromatic N) is 2. The molecule has 6 heteroatoms. The number of carboxylic acids is 1. The van der Waals surface area contributed by atoms with Crippen molar-refractivity contribution in [3.63, 3.8) is 0 Å². The lowest BCUT2D eigenvalue weighted by molar-refractivity contribution is -0.142. The lowest BCUT2D eigenvalue weighted by atomic mass is 9.64. The van der Waals surface area contributed by atoms with E-state index in [-0.39, 0.29) is 24.0 Å². The van der Waals surface area contributed by atoms with Crippen LogP contribution in [0.5, 0.6) is 5.75 Å². The SMILES string of the molecule is CC(=O)N1[C@@H](Cc2ccccc2)[C@@H]2C[C@@]3(C)[C@H](CCC[C@@H]13)N2Cc1ccc(OCC(=O)O)cc1. The fraction of sp³-hybridized carbons (Fsp3) is 0.500. The average Bonchev–Trinajstić information content (AvgIpc) is 3.10. The van der Waals surface area contributed by atoms with E-state index in [0.717, 1.165) is 32.2 Å². The quantitative estimate of drug-likeness (QED) is 0.670. The third kappa shape index (κ3) is 4.09. The van der Waals surface area contributed by atoms with Crippen LogP contribution in [0.2, 0.25) is 0 Å². The molecule has 6 nitrogen and oxygen atoms in total. The van der Waals surface area contributed by atoms with Gasteiger partial charge in [-0.1, -0.05) is 49.4 Å². The summed E-state index contributed by atoms with van der Waals surface area (Å²) in [7, 11) is 0. The van der Waals surface area contributed by atoms with Crippen molar-refractivity contribution in [3.05, 3.63) is 65.7 Å². The van der Waals surface area contributed by atoms with E-state index < -0.39 is 5.97 Å². The van der Waals surface area contributed by atoms with Gasteiger partial charge in [-0.2, -0.15) is 0 Å². The number of ether oxygens (including phenoxy) is 1. The van der Waals surface area contributed by atoms with Crippen molar-refractivity contribution in [2.45, 2.75) is 76.7 Å². The van der Waals surface area contributed by atoms with Crippen molar-refractivity contribution < 1.29 is 19.4 Å². The average molecular weight is 463 g/mol. The van der Waals surface area contributed by atoms with Gasteiger partial charge < -0.3 is 14.7 Å². The molecule has 3 aliphatic rings. The van der Waals surface area contributed by atoms with Crippen LogP contribution in [0.1, 0.15) is 50.7 Å². The summed E-state index contributed by atoms with van der Waals surface area (Å²) in [4.78, 5) is 28.7. The lowest BCUT2D eigenvalue weighted by Crippen LogP contribution is -2.62. The van der Waals surface area contributed by atoms with Crippen LogP contribution < -0.4 is 4.74 Å². The molecule has 34 heavy (non-hydrogen) atoms. The molecule has 3 fully saturated rings. The highest BCUT2D eigenvalue weighted by molar-refractivity contribution is 5.75. The molecule has 5 rings (SSSR count). The highest BCUT2D eigenvalue weighted by Crippen LogP contribution is 2.56. The maximum atomic E-state index is 13.0. The topological polar surface area (TPSA) is 70.1 Å². The molecule has 1 N–H and O–H groups in total. The van der Waals surface area contributed by atoms with Gasteiger partial charge in [0.25, 0.3) is 0 Å². The van der Waals surface area contributed by atoms with Gasteiger partial charge in [-0.25, -0.2) is 4.79 Å². The Kier molecular flexibility index (Phi) is 6.11. The smallest absolute Gasteiger partial charge is 0.341 e. The molecule has 2 bridgehead atoms. The first-order chi connectivity index (χ1) is 16.4. The standard InChI is InChI=1S/C28H34N2O4/c1-19(31)30-23(15-20-7-4-3-5-8-20)24-16-28(2)25(9-6-10-26(28)30)29(24)17-21-11-13-22(14-12-21)34-18-27(32)33/h3-5,7-8,11-14,23-26H,6,9-10,15-18H2,1-2H3,(H,32,33)/t23-,24-,25-,26+,28-/m0/s1. The van der Waals surface area contributed by atoms with Gasteiger partial charge in [-0.15, -0.1) is 0 Å². The monoisotopic (exact) mass is 462 g/mol. The van der Waals surface area contributed by atoms with E-state index in [9.17, 15) is 9.59 Å². The van der Waals surface area contributed by atoms with Crippen LogP contribution in [-0.4, -0.2) is 57.6 Å². The van der Waals surface area contributed by atoms with Gasteiger partial charge >= 0.3 is 5.97 Å². The van der Waals surface area contributed by atoms with Crippen LogP contribution in [0.15, 0.2) is 54.6 Å². The normalized spacial score (nSPS) is 30.2. The van der Waals surface area contributed by atoms with Crippen LogP contribution >= 0.6 is 0 Å². The number of piperidine rings is 1. The number of rotatable bonds is 7. The summed E-state index contributed by atoms with van der Waals surface area (Å²) in [5.74, 6) is -0.210. The number of hydrogen-bond acceptors (Lipinski definition) is 4. The summed E-state index contributed by atoms with van der Waals surface area (Å²) < 4.78 is 5.31. The van der Waals surface area contributed by atoms with Gasteiger partial charge in [0.15, 0.2) is 6.61 Å². The molecule has 1 saturated carbocycles. The number of hydrogen-bond donors (Lipinski definition) is 1. The summed E-state index contributed by atoms with van der Waals surface area (Å²) in [6.45, 7) is 4.65. The van der Waals surface area contributed by atoms with Crippen molar-refractivity contribution >= 4 is 11.9 Å². The molecule has 2 aromatic rings. The Morgan fingerprint density at radius 3 is 2.41 bits per heavy atom. The highest BCUT2D eigenvalue weighted by atomic mass is 16.5.